The second-order valence-electron chi connectivity index (χ2n) is 5.35. The molecule has 0 saturated heterocycles. The molecule has 1 aromatic carbocycles. The number of hydrogen-bond donors (Lipinski definition) is 0. The van der Waals surface area contributed by atoms with E-state index in [-0.39, 0.29) is 0 Å². The van der Waals surface area contributed by atoms with E-state index in [0.717, 1.165) is 22.7 Å². The van der Waals surface area contributed by atoms with Gasteiger partial charge in [0.2, 0.25) is 0 Å². The van der Waals surface area contributed by atoms with E-state index >= 15 is 0 Å². The first-order chi connectivity index (χ1) is 10.1. The summed E-state index contributed by atoms with van der Waals surface area (Å²) < 4.78 is 7.41. The summed E-state index contributed by atoms with van der Waals surface area (Å²) in [6, 6.07) is 9.99. The van der Waals surface area contributed by atoms with Gasteiger partial charge in [-0.1, -0.05) is 31.5 Å². The standard InChI is InChI=1S/C17H17ClN2O/c1-11(2)12-4-6-16(21-3)14(8-12)15-10-20-9-13(18)5-7-17(20)19-15/h4-11H,1-3H3. The Balaban J connectivity index is 2.18. The zero-order chi connectivity index (χ0) is 15.0. The fraction of sp³-hybridized carbons (Fsp3) is 0.235. The maximum Gasteiger partial charge on any atom is 0.137 e. The van der Waals surface area contributed by atoms with Crippen molar-refractivity contribution in [2.75, 3.05) is 7.11 Å². The van der Waals surface area contributed by atoms with Crippen LogP contribution in [-0.4, -0.2) is 16.5 Å². The van der Waals surface area contributed by atoms with Gasteiger partial charge in [0.05, 0.1) is 17.8 Å². The predicted molar refractivity (Wildman–Crippen MR) is 86.3 cm³/mol. The van der Waals surface area contributed by atoms with Crippen molar-refractivity contribution in [2.24, 2.45) is 0 Å². The van der Waals surface area contributed by atoms with E-state index in [0.29, 0.717) is 10.9 Å². The quantitative estimate of drug-likeness (QED) is 0.695. The lowest BCUT2D eigenvalue weighted by atomic mass is 9.99. The Morgan fingerprint density at radius 1 is 1.14 bits per heavy atom. The van der Waals surface area contributed by atoms with E-state index in [1.165, 1.54) is 5.56 Å². The number of methoxy groups -OCH3 is 1. The van der Waals surface area contributed by atoms with Crippen LogP contribution in [0.1, 0.15) is 25.3 Å². The van der Waals surface area contributed by atoms with Gasteiger partial charge in [0.25, 0.3) is 0 Å². The number of hydrogen-bond acceptors (Lipinski definition) is 2. The number of halogens is 1. The molecule has 0 spiro atoms. The minimum atomic E-state index is 0.459. The molecule has 0 aliphatic heterocycles. The van der Waals surface area contributed by atoms with Crippen LogP contribution < -0.4 is 4.74 Å². The van der Waals surface area contributed by atoms with Gasteiger partial charge >= 0.3 is 0 Å². The summed E-state index contributed by atoms with van der Waals surface area (Å²) in [5, 5.41) is 0.689. The van der Waals surface area contributed by atoms with Crippen LogP contribution in [0, 0.1) is 0 Å². The van der Waals surface area contributed by atoms with Crippen molar-refractivity contribution in [3.8, 4) is 17.0 Å². The highest BCUT2D eigenvalue weighted by molar-refractivity contribution is 6.30. The van der Waals surface area contributed by atoms with E-state index in [4.69, 9.17) is 16.3 Å². The molecular weight excluding hydrogens is 284 g/mol. The summed E-state index contributed by atoms with van der Waals surface area (Å²) >= 11 is 6.03. The van der Waals surface area contributed by atoms with Crippen molar-refractivity contribution < 1.29 is 4.74 Å². The largest absolute Gasteiger partial charge is 0.496 e. The van der Waals surface area contributed by atoms with Gasteiger partial charge < -0.3 is 9.14 Å². The first kappa shape index (κ1) is 14.0. The summed E-state index contributed by atoms with van der Waals surface area (Å²) in [5.41, 5.74) is 4.02. The third-order valence-corrected chi connectivity index (χ3v) is 3.80. The Kier molecular flexibility index (Phi) is 3.60. The van der Waals surface area contributed by atoms with E-state index < -0.39 is 0 Å². The SMILES string of the molecule is COc1ccc(C(C)C)cc1-c1cn2cc(Cl)ccc2n1. The Morgan fingerprint density at radius 2 is 1.95 bits per heavy atom. The van der Waals surface area contributed by atoms with Crippen LogP contribution in [0.4, 0.5) is 0 Å². The lowest BCUT2D eigenvalue weighted by Gasteiger charge is -2.11. The average Bonchev–Trinajstić information content (AvgIpc) is 2.89. The summed E-state index contributed by atoms with van der Waals surface area (Å²) in [7, 11) is 1.68. The average molecular weight is 301 g/mol. The van der Waals surface area contributed by atoms with Crippen molar-refractivity contribution in [1.82, 2.24) is 9.38 Å². The van der Waals surface area contributed by atoms with Gasteiger partial charge in [-0.2, -0.15) is 0 Å². The van der Waals surface area contributed by atoms with Gasteiger partial charge in [-0.25, -0.2) is 4.98 Å². The maximum absolute atomic E-state index is 6.03. The highest BCUT2D eigenvalue weighted by atomic mass is 35.5. The Morgan fingerprint density at radius 3 is 2.67 bits per heavy atom. The number of ether oxygens (including phenoxy) is 1. The molecule has 0 saturated carbocycles. The molecule has 0 aliphatic carbocycles. The first-order valence-corrected chi connectivity index (χ1v) is 7.29. The van der Waals surface area contributed by atoms with Crippen molar-refractivity contribution >= 4 is 17.2 Å². The molecule has 2 aromatic heterocycles. The Labute approximate surface area is 129 Å². The molecule has 3 nitrogen and oxygen atoms in total. The van der Waals surface area contributed by atoms with E-state index in [1.54, 1.807) is 7.11 Å². The molecule has 3 rings (SSSR count). The molecule has 2 heterocycles. The van der Waals surface area contributed by atoms with Crippen LogP contribution >= 0.6 is 11.6 Å². The molecule has 0 radical (unpaired) electrons. The van der Waals surface area contributed by atoms with Gasteiger partial charge in [0.1, 0.15) is 11.4 Å². The molecule has 0 unspecified atom stereocenters. The van der Waals surface area contributed by atoms with E-state index in [2.05, 4.69) is 31.0 Å². The van der Waals surface area contributed by atoms with Crippen LogP contribution in [-0.2, 0) is 0 Å². The third kappa shape index (κ3) is 2.61. The van der Waals surface area contributed by atoms with E-state index in [9.17, 15) is 0 Å². The molecule has 0 atom stereocenters. The monoisotopic (exact) mass is 300 g/mol. The lowest BCUT2D eigenvalue weighted by molar-refractivity contribution is 0.416. The van der Waals surface area contributed by atoms with Crippen LogP contribution in [0.25, 0.3) is 16.9 Å². The van der Waals surface area contributed by atoms with E-state index in [1.807, 2.05) is 35.0 Å². The first-order valence-electron chi connectivity index (χ1n) is 6.91. The van der Waals surface area contributed by atoms with Crippen molar-refractivity contribution in [3.63, 3.8) is 0 Å². The second-order valence-corrected chi connectivity index (χ2v) is 5.79. The number of rotatable bonds is 3. The highest BCUT2D eigenvalue weighted by Gasteiger charge is 2.12. The highest BCUT2D eigenvalue weighted by Crippen LogP contribution is 2.32. The molecule has 4 heteroatoms. The van der Waals surface area contributed by atoms with Gasteiger partial charge in [-0.3, -0.25) is 0 Å². The van der Waals surface area contributed by atoms with Crippen molar-refractivity contribution in [3.05, 3.63) is 53.3 Å². The normalized spacial score (nSPS) is 11.3. The Bertz CT molecular complexity index is 793. The molecule has 0 N–H and O–H groups in total. The van der Waals surface area contributed by atoms with Crippen LogP contribution in [0.15, 0.2) is 42.7 Å². The number of nitrogens with zero attached hydrogens (tertiary/aromatic N) is 2. The molecule has 0 amide bonds. The maximum atomic E-state index is 6.03. The zero-order valence-electron chi connectivity index (χ0n) is 12.3. The van der Waals surface area contributed by atoms with Crippen molar-refractivity contribution in [1.29, 1.82) is 0 Å². The molecule has 21 heavy (non-hydrogen) atoms. The van der Waals surface area contributed by atoms with Crippen LogP contribution in [0.2, 0.25) is 5.02 Å². The summed E-state index contributed by atoms with van der Waals surface area (Å²) in [6.07, 6.45) is 3.83. The fourth-order valence-electron chi connectivity index (χ4n) is 2.38. The number of imidazole rings is 1. The molecule has 0 fully saturated rings. The van der Waals surface area contributed by atoms with Crippen LogP contribution in [0.5, 0.6) is 5.75 Å². The molecule has 0 bridgehead atoms. The number of pyridine rings is 1. The van der Waals surface area contributed by atoms with Gasteiger partial charge in [-0.05, 0) is 35.7 Å². The van der Waals surface area contributed by atoms with Gasteiger partial charge in [0, 0.05) is 18.0 Å². The van der Waals surface area contributed by atoms with Crippen molar-refractivity contribution in [2.45, 2.75) is 19.8 Å². The second kappa shape index (κ2) is 5.41. The molecule has 0 aliphatic rings. The predicted octanol–water partition coefficient (Wildman–Crippen LogP) is 4.79. The number of benzene rings is 1. The minimum absolute atomic E-state index is 0.459. The summed E-state index contributed by atoms with van der Waals surface area (Å²) in [6.45, 7) is 4.35. The topological polar surface area (TPSA) is 26.5 Å². The summed E-state index contributed by atoms with van der Waals surface area (Å²) in [4.78, 5) is 4.66. The lowest BCUT2D eigenvalue weighted by Crippen LogP contribution is -1.92. The van der Waals surface area contributed by atoms with Gasteiger partial charge in [0.15, 0.2) is 0 Å². The third-order valence-electron chi connectivity index (χ3n) is 3.58. The Hall–Kier alpha value is -2.00. The zero-order valence-corrected chi connectivity index (χ0v) is 13.1. The molecule has 108 valence electrons. The number of fused-ring (bicyclic) bond motifs is 1. The van der Waals surface area contributed by atoms with Crippen LogP contribution in [0.3, 0.4) is 0 Å². The summed E-state index contributed by atoms with van der Waals surface area (Å²) in [5.74, 6) is 1.29. The smallest absolute Gasteiger partial charge is 0.137 e. The van der Waals surface area contributed by atoms with Gasteiger partial charge in [-0.15, -0.1) is 0 Å². The number of aromatic nitrogens is 2. The molecular formula is C17H17ClN2O. The minimum Gasteiger partial charge on any atom is -0.496 e. The fourth-order valence-corrected chi connectivity index (χ4v) is 2.55. The molecule has 3 aromatic rings.